The Hall–Kier alpha value is -1.64. The molecule has 3 rings (SSSR count). The fourth-order valence-electron chi connectivity index (χ4n) is 2.87. The minimum Gasteiger partial charge on any atom is -1.00 e. The quantitative estimate of drug-likeness (QED) is 0.166. The number of anilines is 1. The first kappa shape index (κ1) is 23.6. The molecule has 1 saturated heterocycles. The normalized spacial score (nSPS) is 21.1. The van der Waals surface area contributed by atoms with E-state index in [0.29, 0.717) is 11.3 Å². The van der Waals surface area contributed by atoms with Gasteiger partial charge in [0, 0.05) is 18.2 Å². The van der Waals surface area contributed by atoms with Crippen molar-refractivity contribution in [2.75, 3.05) is 32.3 Å². The molecule has 0 bridgehead atoms. The van der Waals surface area contributed by atoms with Gasteiger partial charge in [-0.15, -0.1) is 23.1 Å². The Morgan fingerprint density at radius 2 is 2.24 bits per heavy atom. The summed E-state index contributed by atoms with van der Waals surface area (Å²) >= 11 is 2.47. The number of amides is 2. The molecule has 11 nitrogen and oxygen atoms in total. The second kappa shape index (κ2) is 9.91. The molecule has 0 aromatic carbocycles. The molecule has 0 unspecified atom stereocenters. The number of nitrogens with one attached hydrogen (secondary N) is 1. The SMILES string of the molecule is COCC1=C(C(=O)O)N2C(=O)[C@@H](NC(=O)C(=NOC)c3csc(N)n3)[C@H]2SC1.[H-].[Na+]. The zero-order chi connectivity index (χ0) is 20.4. The van der Waals surface area contributed by atoms with Crippen molar-refractivity contribution in [3.8, 4) is 0 Å². The number of ether oxygens (including phenoxy) is 1. The maximum atomic E-state index is 12.6. The minimum absolute atomic E-state index is 0. The van der Waals surface area contributed by atoms with Crippen LogP contribution >= 0.6 is 23.1 Å². The molecule has 0 aliphatic carbocycles. The standard InChI is InChI=1S/C15H17N5O6S2.Na.H/c1-25-3-6-4-27-13-9(12(22)20(13)10(6)14(23)24)18-11(21)8(19-26-2)7-5-28-15(16)17-7;;/h5,9,13H,3-4H2,1-2H3,(H2,16,17)(H,18,21)(H,23,24);;/q;+1;-1/t9-,13-;;/m1../s1. The van der Waals surface area contributed by atoms with E-state index in [1.54, 1.807) is 5.38 Å². The van der Waals surface area contributed by atoms with Gasteiger partial charge in [-0.1, -0.05) is 5.16 Å². The average Bonchev–Trinajstić information content (AvgIpc) is 3.09. The first-order valence-corrected chi connectivity index (χ1v) is 9.84. The summed E-state index contributed by atoms with van der Waals surface area (Å²) in [5.41, 5.74) is 6.09. The molecule has 14 heteroatoms. The van der Waals surface area contributed by atoms with Gasteiger partial charge in [0.1, 0.15) is 29.9 Å². The Morgan fingerprint density at radius 1 is 1.52 bits per heavy atom. The molecule has 1 fully saturated rings. The Kier molecular flexibility index (Phi) is 8.08. The van der Waals surface area contributed by atoms with Crippen molar-refractivity contribution in [2.45, 2.75) is 11.4 Å². The van der Waals surface area contributed by atoms with Gasteiger partial charge in [-0.3, -0.25) is 14.5 Å². The van der Waals surface area contributed by atoms with Crippen molar-refractivity contribution in [3.63, 3.8) is 0 Å². The number of fused-ring (bicyclic) bond motifs is 1. The van der Waals surface area contributed by atoms with Crippen LogP contribution in [0.4, 0.5) is 5.13 Å². The van der Waals surface area contributed by atoms with E-state index in [0.717, 1.165) is 11.3 Å². The Balaban J connectivity index is 0.00000225. The number of aromatic nitrogens is 1. The first-order chi connectivity index (χ1) is 13.4. The number of carbonyl (C=O) groups is 3. The third kappa shape index (κ3) is 4.59. The molecule has 0 spiro atoms. The number of thioether (sulfide) groups is 1. The number of rotatable bonds is 7. The summed E-state index contributed by atoms with van der Waals surface area (Å²) in [6.45, 7) is 0.109. The number of nitrogens with two attached hydrogens (primary N) is 1. The van der Waals surface area contributed by atoms with Crippen molar-refractivity contribution in [1.29, 1.82) is 0 Å². The second-order valence-corrected chi connectivity index (χ2v) is 7.74. The largest absolute Gasteiger partial charge is 1.00 e. The Labute approximate surface area is 197 Å². The van der Waals surface area contributed by atoms with Gasteiger partial charge in [-0.2, -0.15) is 0 Å². The maximum Gasteiger partial charge on any atom is 1.00 e. The number of nitrogens with zero attached hydrogens (tertiary/aromatic N) is 3. The van der Waals surface area contributed by atoms with Crippen molar-refractivity contribution in [3.05, 3.63) is 22.3 Å². The van der Waals surface area contributed by atoms with E-state index in [-0.39, 0.29) is 59.8 Å². The molecular formula is C15H18N5NaO6S2. The van der Waals surface area contributed by atoms with Crippen LogP contribution in [0.1, 0.15) is 7.12 Å². The monoisotopic (exact) mass is 451 g/mol. The van der Waals surface area contributed by atoms with Crippen LogP contribution in [-0.4, -0.2) is 76.5 Å². The molecular weight excluding hydrogens is 433 g/mol. The molecule has 152 valence electrons. The molecule has 4 N–H and O–H groups in total. The van der Waals surface area contributed by atoms with Crippen LogP contribution in [0.2, 0.25) is 0 Å². The average molecular weight is 451 g/mol. The third-order valence-corrected chi connectivity index (χ3v) is 6.03. The number of thiazole rings is 1. The van der Waals surface area contributed by atoms with Gasteiger partial charge in [-0.25, -0.2) is 9.78 Å². The van der Waals surface area contributed by atoms with Gasteiger partial charge < -0.3 is 27.2 Å². The number of carboxylic acid groups (broad SMARTS) is 1. The number of nitrogen functional groups attached to an aromatic ring is 1. The Morgan fingerprint density at radius 3 is 2.79 bits per heavy atom. The molecule has 2 aliphatic rings. The smallest absolute Gasteiger partial charge is 1.00 e. The number of hydrogen-bond donors (Lipinski definition) is 3. The number of oxime groups is 1. The van der Waals surface area contributed by atoms with Gasteiger partial charge in [-0.05, 0) is 5.57 Å². The van der Waals surface area contributed by atoms with Gasteiger partial charge in [0.15, 0.2) is 10.8 Å². The summed E-state index contributed by atoms with van der Waals surface area (Å²) in [6, 6.07) is -0.894. The second-order valence-electron chi connectivity index (χ2n) is 5.74. The van der Waals surface area contributed by atoms with E-state index in [1.165, 1.54) is 30.9 Å². The molecule has 29 heavy (non-hydrogen) atoms. The van der Waals surface area contributed by atoms with Crippen molar-refractivity contribution >= 4 is 51.7 Å². The van der Waals surface area contributed by atoms with Crippen LogP contribution in [-0.2, 0) is 24.0 Å². The summed E-state index contributed by atoms with van der Waals surface area (Å²) in [5, 5.41) is 17.0. The molecule has 0 radical (unpaired) electrons. The van der Waals surface area contributed by atoms with Crippen LogP contribution in [0.15, 0.2) is 21.8 Å². The van der Waals surface area contributed by atoms with E-state index in [2.05, 4.69) is 15.5 Å². The number of β-lactam (4-membered cyclic amide) rings is 1. The van der Waals surface area contributed by atoms with Gasteiger partial charge in [0.2, 0.25) is 0 Å². The van der Waals surface area contributed by atoms with E-state index in [1.807, 2.05) is 0 Å². The van der Waals surface area contributed by atoms with E-state index >= 15 is 0 Å². The predicted octanol–water partition coefficient (Wildman–Crippen LogP) is -3.42. The zero-order valence-corrected chi connectivity index (χ0v) is 19.5. The molecule has 3 heterocycles. The number of methoxy groups -OCH3 is 1. The fourth-order valence-corrected chi connectivity index (χ4v) is 4.75. The Bertz CT molecular complexity index is 895. The molecule has 1 aromatic heterocycles. The number of carboxylic acids is 1. The molecule has 0 saturated carbocycles. The van der Waals surface area contributed by atoms with Crippen LogP contribution in [0.25, 0.3) is 0 Å². The summed E-state index contributed by atoms with van der Waals surface area (Å²) < 4.78 is 5.02. The molecule has 2 amide bonds. The molecule has 1 aromatic rings. The van der Waals surface area contributed by atoms with Crippen LogP contribution in [0.5, 0.6) is 0 Å². The number of aliphatic carboxylic acids is 1. The zero-order valence-electron chi connectivity index (χ0n) is 16.9. The van der Waals surface area contributed by atoms with Crippen molar-refractivity contribution in [1.82, 2.24) is 15.2 Å². The van der Waals surface area contributed by atoms with E-state index in [4.69, 9.17) is 15.3 Å². The van der Waals surface area contributed by atoms with Gasteiger partial charge >= 0.3 is 35.5 Å². The summed E-state index contributed by atoms with van der Waals surface area (Å²) in [7, 11) is 2.73. The van der Waals surface area contributed by atoms with Crippen molar-refractivity contribution < 1.29 is 60.0 Å². The number of carbonyl (C=O) groups excluding carboxylic acids is 2. The number of hydrogen-bond acceptors (Lipinski definition) is 10. The van der Waals surface area contributed by atoms with Crippen molar-refractivity contribution in [2.24, 2.45) is 5.16 Å². The maximum absolute atomic E-state index is 12.6. The van der Waals surface area contributed by atoms with Crippen LogP contribution < -0.4 is 40.6 Å². The summed E-state index contributed by atoms with van der Waals surface area (Å²) in [6.07, 6.45) is 0. The summed E-state index contributed by atoms with van der Waals surface area (Å²) in [4.78, 5) is 46.7. The van der Waals surface area contributed by atoms with E-state index < -0.39 is 29.2 Å². The van der Waals surface area contributed by atoms with Gasteiger partial charge in [0.25, 0.3) is 11.8 Å². The predicted molar refractivity (Wildman–Crippen MR) is 103 cm³/mol. The molecule has 2 atom stereocenters. The first-order valence-electron chi connectivity index (χ1n) is 7.91. The van der Waals surface area contributed by atoms with Crippen LogP contribution in [0, 0.1) is 0 Å². The fraction of sp³-hybridized carbons (Fsp3) is 0.400. The van der Waals surface area contributed by atoms with E-state index in [9.17, 15) is 19.5 Å². The third-order valence-electron chi connectivity index (χ3n) is 4.02. The minimum atomic E-state index is -1.21. The molecule has 2 aliphatic heterocycles. The van der Waals surface area contributed by atoms with Gasteiger partial charge in [0.05, 0.1) is 6.61 Å². The van der Waals surface area contributed by atoms with Crippen LogP contribution in [0.3, 0.4) is 0 Å². The summed E-state index contributed by atoms with van der Waals surface area (Å²) in [5.74, 6) is -2.03. The topological polar surface area (TPSA) is 156 Å².